The Balaban J connectivity index is 1.45. The van der Waals surface area contributed by atoms with Gasteiger partial charge in [-0.2, -0.15) is 0 Å². The van der Waals surface area contributed by atoms with Gasteiger partial charge < -0.3 is 14.8 Å². The van der Waals surface area contributed by atoms with Crippen LogP contribution in [0.15, 0.2) is 65.7 Å². The first-order chi connectivity index (χ1) is 18.8. The monoisotopic (exact) mass is 582 g/mol. The maximum absolute atomic E-state index is 12.9. The molecule has 2 aromatic carbocycles. The third-order valence-electron chi connectivity index (χ3n) is 5.68. The predicted molar refractivity (Wildman–Crippen MR) is 156 cm³/mol. The summed E-state index contributed by atoms with van der Waals surface area (Å²) in [6.45, 7) is 8.35. The van der Waals surface area contributed by atoms with Crippen LogP contribution >= 0.6 is 34.7 Å². The fourth-order valence-electron chi connectivity index (χ4n) is 3.70. The highest BCUT2D eigenvalue weighted by atomic mass is 35.5. The zero-order chi connectivity index (χ0) is 27.9. The van der Waals surface area contributed by atoms with Gasteiger partial charge >= 0.3 is 5.97 Å². The lowest BCUT2D eigenvalue weighted by Gasteiger charge is -2.11. The van der Waals surface area contributed by atoms with E-state index >= 15 is 0 Å². The molecule has 39 heavy (non-hydrogen) atoms. The van der Waals surface area contributed by atoms with Gasteiger partial charge in [0.1, 0.15) is 22.9 Å². The van der Waals surface area contributed by atoms with Crippen molar-refractivity contribution in [2.75, 3.05) is 18.2 Å². The van der Waals surface area contributed by atoms with Gasteiger partial charge in [0.15, 0.2) is 11.0 Å². The second kappa shape index (κ2) is 13.0. The van der Waals surface area contributed by atoms with Crippen LogP contribution in [0.25, 0.3) is 11.1 Å². The van der Waals surface area contributed by atoms with Gasteiger partial charge in [0.05, 0.1) is 17.9 Å². The number of rotatable bonds is 11. The van der Waals surface area contributed by atoms with E-state index in [1.165, 1.54) is 30.2 Å². The minimum absolute atomic E-state index is 0.0538. The first kappa shape index (κ1) is 28.4. The molecule has 0 saturated heterocycles. The largest absolute Gasteiger partial charge is 0.484 e. The lowest BCUT2D eigenvalue weighted by Crippen LogP contribution is -2.16. The Hall–Kier alpha value is -3.60. The number of thioether (sulfide) groups is 1. The molecule has 4 rings (SSSR count). The van der Waals surface area contributed by atoms with Gasteiger partial charge in [0.2, 0.25) is 5.91 Å². The maximum Gasteiger partial charge on any atom is 0.341 e. The molecule has 2 heterocycles. The van der Waals surface area contributed by atoms with Gasteiger partial charge in [-0.05, 0) is 37.1 Å². The molecule has 0 unspecified atom stereocenters. The smallest absolute Gasteiger partial charge is 0.341 e. The second-order valence-corrected chi connectivity index (χ2v) is 10.8. The van der Waals surface area contributed by atoms with E-state index in [2.05, 4.69) is 22.1 Å². The Morgan fingerprint density at radius 3 is 2.62 bits per heavy atom. The molecule has 1 N–H and O–H groups in total. The van der Waals surface area contributed by atoms with E-state index in [1.807, 2.05) is 60.2 Å². The first-order valence-electron chi connectivity index (χ1n) is 11.9. The molecule has 0 saturated carbocycles. The molecule has 4 aromatic rings. The number of thiophene rings is 1. The number of aromatic nitrogens is 3. The summed E-state index contributed by atoms with van der Waals surface area (Å²) in [7, 11) is 1.32. The van der Waals surface area contributed by atoms with E-state index in [4.69, 9.17) is 21.1 Å². The summed E-state index contributed by atoms with van der Waals surface area (Å²) in [5.41, 5.74) is 4.03. The molecular weight excluding hydrogens is 556 g/mol. The number of hydrogen-bond donors (Lipinski definition) is 1. The third kappa shape index (κ3) is 6.89. The third-order valence-corrected chi connectivity index (χ3v) is 7.85. The Morgan fingerprint density at radius 2 is 1.90 bits per heavy atom. The zero-order valence-electron chi connectivity index (χ0n) is 21.7. The summed E-state index contributed by atoms with van der Waals surface area (Å²) in [5, 5.41) is 14.7. The number of halogens is 1. The van der Waals surface area contributed by atoms with E-state index < -0.39 is 5.97 Å². The molecule has 202 valence electrons. The number of anilines is 1. The average Bonchev–Trinajstić information content (AvgIpc) is 3.52. The lowest BCUT2D eigenvalue weighted by atomic mass is 10.0. The number of aryl methyl sites for hydroxylation is 2. The Labute approximate surface area is 240 Å². The highest BCUT2D eigenvalue weighted by Gasteiger charge is 2.23. The topological polar surface area (TPSA) is 95.3 Å². The number of benzene rings is 2. The summed E-state index contributed by atoms with van der Waals surface area (Å²) in [5.74, 6) is 0.377. The minimum atomic E-state index is -0.515. The fraction of sp³-hybridized carbons (Fsp3) is 0.214. The van der Waals surface area contributed by atoms with E-state index in [0.29, 0.717) is 44.4 Å². The van der Waals surface area contributed by atoms with Crippen molar-refractivity contribution < 1.29 is 19.1 Å². The van der Waals surface area contributed by atoms with Crippen molar-refractivity contribution in [3.05, 3.63) is 88.0 Å². The Bertz CT molecular complexity index is 1500. The van der Waals surface area contributed by atoms with Crippen LogP contribution in [0.4, 0.5) is 5.00 Å². The van der Waals surface area contributed by atoms with Crippen molar-refractivity contribution in [1.29, 1.82) is 0 Å². The van der Waals surface area contributed by atoms with E-state index in [0.717, 1.165) is 16.7 Å². The Kier molecular flexibility index (Phi) is 9.45. The van der Waals surface area contributed by atoms with E-state index in [1.54, 1.807) is 12.1 Å². The number of amides is 1. The number of hydrogen-bond acceptors (Lipinski definition) is 8. The van der Waals surface area contributed by atoms with Gasteiger partial charge in [0.25, 0.3) is 0 Å². The molecule has 1 amide bonds. The molecule has 11 heteroatoms. The number of nitrogens with zero attached hydrogens (tertiary/aromatic N) is 3. The van der Waals surface area contributed by atoms with E-state index in [9.17, 15) is 9.59 Å². The van der Waals surface area contributed by atoms with Crippen molar-refractivity contribution in [1.82, 2.24) is 14.8 Å². The van der Waals surface area contributed by atoms with Crippen LogP contribution in [0.1, 0.15) is 27.3 Å². The van der Waals surface area contributed by atoms with Crippen LogP contribution < -0.4 is 10.1 Å². The van der Waals surface area contributed by atoms with Crippen molar-refractivity contribution in [2.45, 2.75) is 32.2 Å². The van der Waals surface area contributed by atoms with Crippen molar-refractivity contribution >= 4 is 51.6 Å². The van der Waals surface area contributed by atoms with Gasteiger partial charge in [-0.3, -0.25) is 9.36 Å². The minimum Gasteiger partial charge on any atom is -0.484 e. The van der Waals surface area contributed by atoms with Crippen LogP contribution in [0.5, 0.6) is 5.75 Å². The van der Waals surface area contributed by atoms with Crippen LogP contribution in [-0.4, -0.2) is 39.5 Å². The summed E-state index contributed by atoms with van der Waals surface area (Å²) in [6, 6.07) is 13.4. The predicted octanol–water partition coefficient (Wildman–Crippen LogP) is 6.56. The standard InChI is InChI=1S/C28H27ClN4O4S2/c1-5-12-33-23(14-37-22-13-18(3)8-11-21(22)29)31-32-28(33)39-16-24(34)30-26-25(27(35)36-4)20(15-38-26)19-9-6-17(2)7-10-19/h5-11,13,15H,1,12,14,16H2,2-4H3,(H,30,34). The molecule has 8 nitrogen and oxygen atoms in total. The molecule has 0 spiro atoms. The highest BCUT2D eigenvalue weighted by Crippen LogP contribution is 2.36. The first-order valence-corrected chi connectivity index (χ1v) is 14.2. The number of esters is 1. The Morgan fingerprint density at radius 1 is 1.15 bits per heavy atom. The molecule has 2 aromatic heterocycles. The SMILES string of the molecule is C=CCn1c(COc2cc(C)ccc2Cl)nnc1SCC(=O)Nc1scc(-c2ccc(C)cc2)c1C(=O)OC. The number of ether oxygens (including phenoxy) is 2. The molecule has 0 atom stereocenters. The highest BCUT2D eigenvalue weighted by molar-refractivity contribution is 7.99. The van der Waals surface area contributed by atoms with Gasteiger partial charge in [-0.1, -0.05) is 65.3 Å². The number of carbonyl (C=O) groups excluding carboxylic acids is 2. The molecule has 0 aliphatic heterocycles. The molecule has 0 fully saturated rings. The maximum atomic E-state index is 12.9. The van der Waals surface area contributed by atoms with Crippen LogP contribution in [0.3, 0.4) is 0 Å². The van der Waals surface area contributed by atoms with Gasteiger partial charge in [-0.15, -0.1) is 28.1 Å². The number of allylic oxidation sites excluding steroid dienone is 1. The second-order valence-electron chi connectivity index (χ2n) is 8.57. The zero-order valence-corrected chi connectivity index (χ0v) is 24.1. The number of carbonyl (C=O) groups is 2. The van der Waals surface area contributed by atoms with Crippen LogP contribution in [-0.2, 0) is 22.7 Å². The molecule has 0 bridgehead atoms. The van der Waals surface area contributed by atoms with Crippen molar-refractivity contribution in [3.63, 3.8) is 0 Å². The number of nitrogens with one attached hydrogen (secondary N) is 1. The fourth-order valence-corrected chi connectivity index (χ4v) is 5.61. The lowest BCUT2D eigenvalue weighted by molar-refractivity contribution is -0.113. The van der Waals surface area contributed by atoms with Gasteiger partial charge in [0, 0.05) is 17.5 Å². The normalized spacial score (nSPS) is 10.8. The average molecular weight is 583 g/mol. The molecular formula is C28H27ClN4O4S2. The van der Waals surface area contributed by atoms with Gasteiger partial charge in [-0.25, -0.2) is 4.79 Å². The summed E-state index contributed by atoms with van der Waals surface area (Å²) in [6.07, 6.45) is 1.72. The van der Waals surface area contributed by atoms with Crippen LogP contribution in [0, 0.1) is 13.8 Å². The van der Waals surface area contributed by atoms with Crippen molar-refractivity contribution in [3.8, 4) is 16.9 Å². The summed E-state index contributed by atoms with van der Waals surface area (Å²) >= 11 is 8.74. The quantitative estimate of drug-likeness (QED) is 0.122. The number of methoxy groups -OCH3 is 1. The van der Waals surface area contributed by atoms with Crippen LogP contribution in [0.2, 0.25) is 5.02 Å². The molecule has 0 aliphatic carbocycles. The van der Waals surface area contributed by atoms with Crippen molar-refractivity contribution in [2.24, 2.45) is 0 Å². The molecule has 0 aliphatic rings. The summed E-state index contributed by atoms with van der Waals surface area (Å²) < 4.78 is 12.7. The van der Waals surface area contributed by atoms with E-state index in [-0.39, 0.29) is 18.3 Å². The summed E-state index contributed by atoms with van der Waals surface area (Å²) in [4.78, 5) is 25.5. The molecule has 0 radical (unpaired) electrons.